The highest BCUT2D eigenvalue weighted by Gasteiger charge is 2.22. The van der Waals surface area contributed by atoms with Gasteiger partial charge >= 0.3 is 0 Å². The van der Waals surface area contributed by atoms with Crippen molar-refractivity contribution in [1.82, 2.24) is 14.9 Å². The van der Waals surface area contributed by atoms with Crippen molar-refractivity contribution >= 4 is 5.91 Å². The van der Waals surface area contributed by atoms with Gasteiger partial charge in [-0.05, 0) is 41.7 Å². The van der Waals surface area contributed by atoms with E-state index in [4.69, 9.17) is 4.74 Å². The minimum absolute atomic E-state index is 0.0389. The highest BCUT2D eigenvalue weighted by molar-refractivity contribution is 5.94. The van der Waals surface area contributed by atoms with Gasteiger partial charge in [0, 0.05) is 25.0 Å². The number of amides is 1. The van der Waals surface area contributed by atoms with Gasteiger partial charge in [0.25, 0.3) is 5.91 Å². The molecule has 29 heavy (non-hydrogen) atoms. The second kappa shape index (κ2) is 8.95. The van der Waals surface area contributed by atoms with E-state index in [9.17, 15) is 4.79 Å². The number of hydrogen-bond acceptors (Lipinski definition) is 3. The number of nitrogens with zero attached hydrogens (tertiary/aromatic N) is 2. The van der Waals surface area contributed by atoms with Crippen LogP contribution in [0.15, 0.2) is 67.0 Å². The number of imidazole rings is 1. The molecule has 3 aromatic rings. The Balaban J connectivity index is 1.66. The Bertz CT molecular complexity index is 925. The van der Waals surface area contributed by atoms with E-state index in [0.717, 1.165) is 17.8 Å². The molecule has 0 aliphatic carbocycles. The molecule has 0 saturated heterocycles. The van der Waals surface area contributed by atoms with Gasteiger partial charge in [0.1, 0.15) is 18.2 Å². The maximum absolute atomic E-state index is 12.8. The average Bonchev–Trinajstić information content (AvgIpc) is 3.10. The van der Waals surface area contributed by atoms with E-state index in [0.29, 0.717) is 17.9 Å². The summed E-state index contributed by atoms with van der Waals surface area (Å²) < 4.78 is 7.68. The second-order valence-corrected chi connectivity index (χ2v) is 8.47. The number of aromatic nitrogens is 2. The Morgan fingerprint density at radius 2 is 1.79 bits per heavy atom. The standard InChI is InChI=1S/C24H29N3O2/c1-24(2,3)16-21(18-8-6-5-7-9-18)26-23(28)19-10-12-20(13-11-19)29-17-22-25-14-15-27(22)4/h5-15,21H,16-17H2,1-4H3,(H,26,28). The average molecular weight is 392 g/mol. The Kier molecular flexibility index (Phi) is 6.37. The zero-order valence-corrected chi connectivity index (χ0v) is 17.6. The van der Waals surface area contributed by atoms with Gasteiger partial charge < -0.3 is 14.6 Å². The molecule has 1 aromatic heterocycles. The van der Waals surface area contributed by atoms with Gasteiger partial charge in [0.15, 0.2) is 0 Å². The number of nitrogens with one attached hydrogen (secondary N) is 1. The third-order valence-corrected chi connectivity index (χ3v) is 4.73. The summed E-state index contributed by atoms with van der Waals surface area (Å²) in [6.07, 6.45) is 4.48. The summed E-state index contributed by atoms with van der Waals surface area (Å²) in [5.74, 6) is 1.47. The molecule has 1 N–H and O–H groups in total. The fraction of sp³-hybridized carbons (Fsp3) is 0.333. The zero-order valence-electron chi connectivity index (χ0n) is 17.6. The van der Waals surface area contributed by atoms with Gasteiger partial charge in [-0.25, -0.2) is 4.98 Å². The minimum atomic E-state index is -0.0845. The van der Waals surface area contributed by atoms with Crippen LogP contribution < -0.4 is 10.1 Å². The normalized spacial score (nSPS) is 12.4. The van der Waals surface area contributed by atoms with Crippen LogP contribution in [-0.2, 0) is 13.7 Å². The molecule has 0 bridgehead atoms. The quantitative estimate of drug-likeness (QED) is 0.623. The van der Waals surface area contributed by atoms with Gasteiger partial charge in [0.05, 0.1) is 6.04 Å². The SMILES string of the molecule is Cn1ccnc1COc1ccc(C(=O)NC(CC(C)(C)C)c2ccccc2)cc1. The van der Waals surface area contributed by atoms with Crippen LogP contribution >= 0.6 is 0 Å². The summed E-state index contributed by atoms with van der Waals surface area (Å²) in [6, 6.07) is 17.3. The molecule has 0 aliphatic rings. The fourth-order valence-corrected chi connectivity index (χ4v) is 3.18. The lowest BCUT2D eigenvalue weighted by molar-refractivity contribution is 0.0926. The van der Waals surface area contributed by atoms with Gasteiger partial charge in [-0.3, -0.25) is 4.79 Å². The third kappa shape index (κ3) is 5.95. The zero-order chi connectivity index (χ0) is 20.9. The van der Waals surface area contributed by atoms with Gasteiger partial charge in [-0.1, -0.05) is 51.1 Å². The molecule has 0 aliphatic heterocycles. The predicted octanol–water partition coefficient (Wildman–Crippen LogP) is 4.91. The van der Waals surface area contributed by atoms with Crippen molar-refractivity contribution in [3.05, 3.63) is 83.9 Å². The largest absolute Gasteiger partial charge is 0.486 e. The molecule has 1 atom stereocenters. The molecule has 1 amide bonds. The Morgan fingerprint density at radius 3 is 2.38 bits per heavy atom. The van der Waals surface area contributed by atoms with Gasteiger partial charge in [-0.2, -0.15) is 0 Å². The maximum atomic E-state index is 12.8. The van der Waals surface area contributed by atoms with Crippen LogP contribution in [0.4, 0.5) is 0 Å². The van der Waals surface area contributed by atoms with Crippen LogP contribution in [0, 0.1) is 5.41 Å². The number of ether oxygens (including phenoxy) is 1. The molecule has 3 rings (SSSR count). The number of benzene rings is 2. The van der Waals surface area contributed by atoms with E-state index in [-0.39, 0.29) is 17.4 Å². The summed E-state index contributed by atoms with van der Waals surface area (Å²) in [6.45, 7) is 6.94. The highest BCUT2D eigenvalue weighted by atomic mass is 16.5. The first-order valence-corrected chi connectivity index (χ1v) is 9.87. The van der Waals surface area contributed by atoms with Crippen LogP contribution in [0.3, 0.4) is 0 Å². The molecule has 1 unspecified atom stereocenters. The number of aryl methyl sites for hydroxylation is 1. The molecule has 0 fully saturated rings. The highest BCUT2D eigenvalue weighted by Crippen LogP contribution is 2.29. The molecule has 5 nitrogen and oxygen atoms in total. The molecule has 152 valence electrons. The van der Waals surface area contributed by atoms with Crippen molar-refractivity contribution in [2.75, 3.05) is 0 Å². The summed E-state index contributed by atoms with van der Waals surface area (Å²) in [5, 5.41) is 3.19. The first-order valence-electron chi connectivity index (χ1n) is 9.87. The van der Waals surface area contributed by atoms with Crippen molar-refractivity contribution in [3.8, 4) is 5.75 Å². The molecule has 1 heterocycles. The first-order chi connectivity index (χ1) is 13.8. The fourth-order valence-electron chi connectivity index (χ4n) is 3.18. The van der Waals surface area contributed by atoms with E-state index in [2.05, 4.69) is 43.2 Å². The molecular weight excluding hydrogens is 362 g/mol. The molecule has 0 spiro atoms. The van der Waals surface area contributed by atoms with E-state index >= 15 is 0 Å². The molecule has 5 heteroatoms. The van der Waals surface area contributed by atoms with Crippen molar-refractivity contribution in [2.45, 2.75) is 39.8 Å². The van der Waals surface area contributed by atoms with Crippen LogP contribution in [0.25, 0.3) is 0 Å². The monoisotopic (exact) mass is 391 g/mol. The van der Waals surface area contributed by atoms with Crippen molar-refractivity contribution in [2.24, 2.45) is 12.5 Å². The van der Waals surface area contributed by atoms with E-state index in [1.54, 1.807) is 18.3 Å². The molecule has 2 aromatic carbocycles. The van der Waals surface area contributed by atoms with E-state index < -0.39 is 0 Å². The maximum Gasteiger partial charge on any atom is 0.251 e. The van der Waals surface area contributed by atoms with Crippen molar-refractivity contribution in [1.29, 1.82) is 0 Å². The Labute approximate surface area is 172 Å². The second-order valence-electron chi connectivity index (χ2n) is 8.47. The summed E-state index contributed by atoms with van der Waals surface area (Å²) in [7, 11) is 1.93. The lowest BCUT2D eigenvalue weighted by Gasteiger charge is -2.27. The topological polar surface area (TPSA) is 56.2 Å². The Morgan fingerprint density at radius 1 is 1.10 bits per heavy atom. The molecular formula is C24H29N3O2. The molecule has 0 radical (unpaired) electrons. The van der Waals surface area contributed by atoms with E-state index in [1.807, 2.05) is 48.1 Å². The van der Waals surface area contributed by atoms with Crippen molar-refractivity contribution in [3.63, 3.8) is 0 Å². The van der Waals surface area contributed by atoms with Crippen molar-refractivity contribution < 1.29 is 9.53 Å². The van der Waals surface area contributed by atoms with Crippen LogP contribution in [-0.4, -0.2) is 15.5 Å². The van der Waals surface area contributed by atoms with Crippen LogP contribution in [0.2, 0.25) is 0 Å². The molecule has 0 saturated carbocycles. The van der Waals surface area contributed by atoms with E-state index in [1.165, 1.54) is 0 Å². The third-order valence-electron chi connectivity index (χ3n) is 4.73. The smallest absolute Gasteiger partial charge is 0.251 e. The summed E-state index contributed by atoms with van der Waals surface area (Å²) >= 11 is 0. The minimum Gasteiger partial charge on any atom is -0.486 e. The number of carbonyl (C=O) groups excluding carboxylic acids is 1. The van der Waals surface area contributed by atoms with Gasteiger partial charge in [0.2, 0.25) is 0 Å². The summed E-state index contributed by atoms with van der Waals surface area (Å²) in [4.78, 5) is 17.1. The summed E-state index contributed by atoms with van der Waals surface area (Å²) in [5.41, 5.74) is 1.83. The first kappa shape index (κ1) is 20.6. The number of carbonyl (C=O) groups is 1. The van der Waals surface area contributed by atoms with Crippen LogP contribution in [0.5, 0.6) is 5.75 Å². The number of rotatable bonds is 7. The lowest BCUT2D eigenvalue weighted by atomic mass is 9.85. The predicted molar refractivity (Wildman–Crippen MR) is 115 cm³/mol. The van der Waals surface area contributed by atoms with Crippen LogP contribution in [0.1, 0.15) is 55.0 Å². The van der Waals surface area contributed by atoms with Gasteiger partial charge in [-0.15, -0.1) is 0 Å². The number of hydrogen-bond donors (Lipinski definition) is 1. The Hall–Kier alpha value is -3.08. The lowest BCUT2D eigenvalue weighted by Crippen LogP contribution is -2.31.